The second-order valence-electron chi connectivity index (χ2n) is 9.18. The van der Waals surface area contributed by atoms with Crippen molar-refractivity contribution in [1.29, 1.82) is 0 Å². The number of rotatable bonds is 9. The van der Waals surface area contributed by atoms with Crippen LogP contribution in [0.15, 0.2) is 42.5 Å². The number of nitrogens with one attached hydrogen (secondary N) is 2. The molecular weight excluding hydrogens is 605 g/mol. The molecule has 0 aliphatic carbocycles. The van der Waals surface area contributed by atoms with Crippen LogP contribution in [0.3, 0.4) is 0 Å². The highest BCUT2D eigenvalue weighted by Crippen LogP contribution is 2.66. The van der Waals surface area contributed by atoms with E-state index in [1.165, 1.54) is 35.2 Å². The zero-order valence-electron chi connectivity index (χ0n) is 21.0. The Balaban J connectivity index is 1.28. The zero-order valence-corrected chi connectivity index (χ0v) is 24.4. The molecule has 2 saturated heterocycles. The quantitative estimate of drug-likeness (QED) is 0.158. The van der Waals surface area contributed by atoms with Crippen molar-refractivity contribution in [3.63, 3.8) is 0 Å². The minimum Gasteiger partial charge on any atom is -0.442 e. The van der Waals surface area contributed by atoms with E-state index in [9.17, 15) is 38.4 Å². The van der Waals surface area contributed by atoms with Gasteiger partial charge in [0.2, 0.25) is 0 Å². The van der Waals surface area contributed by atoms with Crippen molar-refractivity contribution in [2.45, 2.75) is 17.6 Å². The van der Waals surface area contributed by atoms with E-state index in [-0.39, 0.29) is 23.8 Å². The van der Waals surface area contributed by atoms with Crippen molar-refractivity contribution in [3.8, 4) is 0 Å². The van der Waals surface area contributed by atoms with Gasteiger partial charge >= 0.3 is 27.1 Å². The predicted molar refractivity (Wildman–Crippen MR) is 156 cm³/mol. The van der Waals surface area contributed by atoms with Gasteiger partial charge in [0.25, 0.3) is 0 Å². The Morgan fingerprint density at radius 2 is 1.88 bits per heavy atom. The first-order chi connectivity index (χ1) is 18.9. The van der Waals surface area contributed by atoms with Gasteiger partial charge in [-0.2, -0.15) is 31.3 Å². The fourth-order valence-electron chi connectivity index (χ4n) is 4.21. The summed E-state index contributed by atoms with van der Waals surface area (Å²) in [5.74, 6) is 1.49. The van der Waals surface area contributed by atoms with Crippen LogP contribution in [-0.4, -0.2) is 84.8 Å². The average Bonchev–Trinajstić information content (AvgIpc) is 3.28. The highest BCUT2D eigenvalue weighted by Gasteiger charge is 2.73. The van der Waals surface area contributed by atoms with E-state index in [1.54, 1.807) is 12.1 Å². The van der Waals surface area contributed by atoms with Crippen molar-refractivity contribution in [2.75, 3.05) is 52.8 Å². The van der Waals surface area contributed by atoms with Gasteiger partial charge in [-0.25, -0.2) is 9.18 Å². The number of benzene rings is 2. The largest absolute Gasteiger partial charge is 0.593 e. The minimum atomic E-state index is -5.04. The Bertz CT molecular complexity index is 1270. The summed E-state index contributed by atoms with van der Waals surface area (Å²) in [5, 5.41) is 13.2. The summed E-state index contributed by atoms with van der Waals surface area (Å²) in [6.07, 6.45) is -1.81. The number of nitrogens with zero attached hydrogens (tertiary/aromatic N) is 2. The molecular formula is C23H29FN4O8P2S2+2. The highest BCUT2D eigenvalue weighted by molar-refractivity contribution is 7.99. The molecule has 2 fully saturated rings. The molecule has 17 heteroatoms. The van der Waals surface area contributed by atoms with Crippen molar-refractivity contribution in [3.05, 3.63) is 53.8 Å². The molecule has 0 radical (unpaired) electrons. The number of carbonyl (C=O) groups is 1. The van der Waals surface area contributed by atoms with Gasteiger partial charge in [0.05, 0.1) is 30.9 Å². The summed E-state index contributed by atoms with van der Waals surface area (Å²) < 4.78 is 31.7. The molecule has 0 aromatic heterocycles. The summed E-state index contributed by atoms with van der Waals surface area (Å²) in [6.45, 7) is 1.92. The van der Waals surface area contributed by atoms with Crippen LogP contribution < -0.4 is 20.4 Å². The minimum absolute atomic E-state index is 0.185. The molecule has 1 amide bonds. The monoisotopic (exact) mass is 634 g/mol. The lowest BCUT2D eigenvalue weighted by Gasteiger charge is -2.29. The Kier molecular flexibility index (Phi) is 9.82. The number of cyclic esters (lactones) is 1. The number of thioether (sulfide) groups is 1. The lowest BCUT2D eigenvalue weighted by molar-refractivity contribution is 0.138. The molecule has 2 heterocycles. The summed E-state index contributed by atoms with van der Waals surface area (Å²) in [6, 6.07) is 10.7. The summed E-state index contributed by atoms with van der Waals surface area (Å²) in [7, 11) is -8.56. The van der Waals surface area contributed by atoms with Crippen LogP contribution in [0.2, 0.25) is 0 Å². The van der Waals surface area contributed by atoms with Gasteiger partial charge in [0, 0.05) is 30.3 Å². The fourth-order valence-corrected chi connectivity index (χ4v) is 6.95. The molecule has 4 rings (SSSR count). The van der Waals surface area contributed by atoms with E-state index in [1.807, 2.05) is 16.7 Å². The molecule has 12 nitrogen and oxygen atoms in total. The zero-order chi connectivity index (χ0) is 29.1. The lowest BCUT2D eigenvalue weighted by atomic mass is 10.1. The number of hydrogen-bond acceptors (Lipinski definition) is 10. The van der Waals surface area contributed by atoms with E-state index in [0.717, 1.165) is 24.6 Å². The SMILES string of the molecule is O=C1O[C@@H](CNC(=S)Nc2ccc(CC(O)([P+](=O)O)[P+](O)(O)O)cc2)CN1c1ccc(N2CCSCC2)c(F)c1. The normalized spacial score (nSPS) is 19.6. The topological polar surface area (TPSA) is 175 Å². The molecule has 0 bridgehead atoms. The molecule has 0 saturated carbocycles. The second kappa shape index (κ2) is 12.8. The molecule has 3 atom stereocenters. The van der Waals surface area contributed by atoms with Gasteiger partial charge in [-0.1, -0.05) is 12.1 Å². The molecule has 0 spiro atoms. The number of ether oxygens (including phenoxy) is 1. The van der Waals surface area contributed by atoms with Crippen LogP contribution in [-0.2, 0) is 15.7 Å². The molecule has 40 heavy (non-hydrogen) atoms. The molecule has 2 aliphatic heterocycles. The van der Waals surface area contributed by atoms with Gasteiger partial charge in [-0.15, -0.1) is 0 Å². The van der Waals surface area contributed by atoms with Crippen LogP contribution in [0, 0.1) is 5.82 Å². The number of amides is 1. The molecule has 2 unspecified atom stereocenters. The number of thiocarbonyl (C=S) groups is 1. The molecule has 7 N–H and O–H groups in total. The Morgan fingerprint density at radius 3 is 2.48 bits per heavy atom. The number of aliphatic hydroxyl groups is 1. The Morgan fingerprint density at radius 1 is 1.20 bits per heavy atom. The maximum absolute atomic E-state index is 14.8. The second-order valence-corrected chi connectivity index (χ2v) is 14.3. The Labute approximate surface area is 240 Å². The number of hydrogen-bond donors (Lipinski definition) is 7. The van der Waals surface area contributed by atoms with Crippen molar-refractivity contribution in [1.82, 2.24) is 5.32 Å². The van der Waals surface area contributed by atoms with Gasteiger partial charge < -0.3 is 25.4 Å². The van der Waals surface area contributed by atoms with Gasteiger partial charge in [0.1, 0.15) is 11.9 Å². The van der Waals surface area contributed by atoms with E-state index in [0.29, 0.717) is 17.1 Å². The third-order valence-corrected chi connectivity index (χ3v) is 10.8. The van der Waals surface area contributed by atoms with Crippen molar-refractivity contribution < 1.29 is 43.2 Å². The van der Waals surface area contributed by atoms with E-state index in [2.05, 4.69) is 10.6 Å². The van der Waals surface area contributed by atoms with E-state index >= 15 is 0 Å². The van der Waals surface area contributed by atoms with Crippen LogP contribution in [0.1, 0.15) is 5.56 Å². The van der Waals surface area contributed by atoms with E-state index < -0.39 is 45.5 Å². The first-order valence-corrected chi connectivity index (χ1v) is 16.5. The van der Waals surface area contributed by atoms with Crippen LogP contribution >= 0.6 is 40.0 Å². The first kappa shape index (κ1) is 30.8. The summed E-state index contributed by atoms with van der Waals surface area (Å²) in [5.41, 5.74) is 1.68. The maximum Gasteiger partial charge on any atom is 0.593 e. The molecule has 2 aromatic carbocycles. The van der Waals surface area contributed by atoms with Gasteiger partial charge in [0.15, 0.2) is 5.11 Å². The van der Waals surface area contributed by atoms with Crippen molar-refractivity contribution in [2.24, 2.45) is 0 Å². The maximum atomic E-state index is 14.8. The molecule has 2 aromatic rings. The third-order valence-electron chi connectivity index (χ3n) is 6.40. The van der Waals surface area contributed by atoms with Gasteiger partial charge in [-0.05, 0) is 52.7 Å². The third kappa shape index (κ3) is 7.17. The van der Waals surface area contributed by atoms with Crippen molar-refractivity contribution >= 4 is 68.2 Å². The van der Waals surface area contributed by atoms with Crippen LogP contribution in [0.25, 0.3) is 0 Å². The first-order valence-electron chi connectivity index (χ1n) is 12.1. The average molecular weight is 635 g/mol. The van der Waals surface area contributed by atoms with Crippen LogP contribution in [0.5, 0.6) is 0 Å². The van der Waals surface area contributed by atoms with E-state index in [4.69, 9.17) is 17.0 Å². The number of halogens is 1. The summed E-state index contributed by atoms with van der Waals surface area (Å²) in [4.78, 5) is 53.3. The number of carbonyl (C=O) groups excluding carboxylic acids is 1. The fraction of sp³-hybridized carbons (Fsp3) is 0.391. The highest BCUT2D eigenvalue weighted by atomic mass is 32.2. The summed E-state index contributed by atoms with van der Waals surface area (Å²) >= 11 is 7.12. The smallest absolute Gasteiger partial charge is 0.442 e. The van der Waals surface area contributed by atoms with Crippen LogP contribution in [0.4, 0.5) is 26.2 Å². The standard InChI is InChI=1S/C23H27FN4O8P2S2/c24-19-11-17(5-6-20(19)27-7-9-40-10-8-27)28-14-18(36-22(28)29)13-25-21(39)26-16-3-1-15(2-4-16)12-23(30,37(31)32)38(33,34)35/h1-6,11,18,30,33-35H,7-10,12-14H2,(H-2,25,26,31,32,39)/p+2/t18-,23?/m0/s1. The predicted octanol–water partition coefficient (Wildman–Crippen LogP) is 2.35. The Hall–Kier alpha value is -2.19. The number of anilines is 3. The molecule has 2 aliphatic rings. The van der Waals surface area contributed by atoms with Gasteiger partial charge in [-0.3, -0.25) is 4.90 Å². The molecule has 216 valence electrons. The lowest BCUT2D eigenvalue weighted by Crippen LogP contribution is -2.37.